The summed E-state index contributed by atoms with van der Waals surface area (Å²) in [6.07, 6.45) is 1.43. The number of methoxy groups -OCH3 is 2. The monoisotopic (exact) mass is 556 g/mol. The van der Waals surface area contributed by atoms with Gasteiger partial charge in [-0.1, -0.05) is 36.4 Å². The van der Waals surface area contributed by atoms with E-state index in [1.807, 2.05) is 42.5 Å². The van der Waals surface area contributed by atoms with Gasteiger partial charge in [-0.3, -0.25) is 4.79 Å². The number of esters is 1. The van der Waals surface area contributed by atoms with Crippen molar-refractivity contribution in [3.8, 4) is 23.3 Å². The van der Waals surface area contributed by atoms with E-state index in [-0.39, 0.29) is 17.1 Å². The van der Waals surface area contributed by atoms with Gasteiger partial charge in [0, 0.05) is 11.1 Å². The maximum atomic E-state index is 12.9. The molecule has 1 N–H and O–H groups in total. The van der Waals surface area contributed by atoms with Crippen molar-refractivity contribution in [3.63, 3.8) is 0 Å². The van der Waals surface area contributed by atoms with Crippen LogP contribution in [-0.4, -0.2) is 26.1 Å². The third kappa shape index (κ3) is 5.80. The fraction of sp³-hybridized carbons (Fsp3) is 0.0690. The van der Waals surface area contributed by atoms with E-state index >= 15 is 0 Å². The van der Waals surface area contributed by atoms with Gasteiger partial charge in [0.1, 0.15) is 17.4 Å². The van der Waals surface area contributed by atoms with Crippen molar-refractivity contribution in [1.29, 1.82) is 5.26 Å². The molecule has 0 unspecified atom stereocenters. The Morgan fingerprint density at radius 1 is 0.946 bits per heavy atom. The summed E-state index contributed by atoms with van der Waals surface area (Å²) in [7, 11) is 2.97. The number of halogens is 1. The summed E-state index contributed by atoms with van der Waals surface area (Å²) in [5.74, 6) is -0.112. The molecule has 0 saturated carbocycles. The summed E-state index contributed by atoms with van der Waals surface area (Å²) < 4.78 is 16.5. The minimum atomic E-state index is -0.586. The molecule has 0 fully saturated rings. The molecule has 0 atom stereocenters. The first-order chi connectivity index (χ1) is 17.9. The smallest absolute Gasteiger partial charge is 0.343 e. The maximum absolute atomic E-state index is 12.9. The van der Waals surface area contributed by atoms with Crippen molar-refractivity contribution in [2.45, 2.75) is 0 Å². The molecule has 37 heavy (non-hydrogen) atoms. The molecule has 0 radical (unpaired) electrons. The lowest BCUT2D eigenvalue weighted by molar-refractivity contribution is -0.112. The standard InChI is InChI=1S/C29H21BrN2O5/c1-35-22-12-10-20(11-13-22)29(34)37-27-24(30)15-18(16-26(27)36-2)14-21(17-31)28(33)32-25-9-5-7-19-6-3-4-8-23(19)25/h3-16H,1-2H3,(H,32,33)/b21-14+. The van der Waals surface area contributed by atoms with E-state index in [1.54, 1.807) is 42.5 Å². The van der Waals surface area contributed by atoms with Gasteiger partial charge in [-0.15, -0.1) is 0 Å². The molecular weight excluding hydrogens is 536 g/mol. The van der Waals surface area contributed by atoms with E-state index in [4.69, 9.17) is 14.2 Å². The van der Waals surface area contributed by atoms with Crippen LogP contribution in [0.25, 0.3) is 16.8 Å². The first-order valence-corrected chi connectivity index (χ1v) is 11.9. The Bertz CT molecular complexity index is 1550. The predicted octanol–water partition coefficient (Wildman–Crippen LogP) is 6.38. The Morgan fingerprint density at radius 2 is 1.68 bits per heavy atom. The van der Waals surface area contributed by atoms with Crippen LogP contribution in [-0.2, 0) is 4.79 Å². The van der Waals surface area contributed by atoms with Gasteiger partial charge in [-0.05, 0) is 75.4 Å². The zero-order valence-electron chi connectivity index (χ0n) is 19.9. The molecule has 4 aromatic carbocycles. The van der Waals surface area contributed by atoms with Crippen molar-refractivity contribution in [2.75, 3.05) is 19.5 Å². The number of carbonyl (C=O) groups is 2. The largest absolute Gasteiger partial charge is 0.497 e. The Labute approximate surface area is 222 Å². The number of nitrogens with zero attached hydrogens (tertiary/aromatic N) is 1. The van der Waals surface area contributed by atoms with Gasteiger partial charge >= 0.3 is 5.97 Å². The Kier molecular flexibility index (Phi) is 7.86. The van der Waals surface area contributed by atoms with Gasteiger partial charge in [0.25, 0.3) is 5.91 Å². The fourth-order valence-corrected chi connectivity index (χ4v) is 4.18. The van der Waals surface area contributed by atoms with Crippen LogP contribution in [0.4, 0.5) is 5.69 Å². The molecule has 184 valence electrons. The van der Waals surface area contributed by atoms with Crippen LogP contribution < -0.4 is 19.5 Å². The lowest BCUT2D eigenvalue weighted by Gasteiger charge is -2.13. The fourth-order valence-electron chi connectivity index (χ4n) is 3.64. The molecule has 0 aliphatic rings. The van der Waals surface area contributed by atoms with Gasteiger partial charge in [-0.25, -0.2) is 4.79 Å². The predicted molar refractivity (Wildman–Crippen MR) is 145 cm³/mol. The first kappa shape index (κ1) is 25.5. The average Bonchev–Trinajstić information content (AvgIpc) is 2.93. The number of carbonyl (C=O) groups excluding carboxylic acids is 2. The minimum absolute atomic E-state index is 0.107. The molecule has 4 rings (SSSR count). The summed E-state index contributed by atoms with van der Waals surface area (Å²) in [5, 5.41) is 14.3. The lowest BCUT2D eigenvalue weighted by Crippen LogP contribution is -2.13. The van der Waals surface area contributed by atoms with E-state index < -0.39 is 11.9 Å². The zero-order chi connectivity index (χ0) is 26.4. The van der Waals surface area contributed by atoms with Crippen LogP contribution in [0.3, 0.4) is 0 Å². The van der Waals surface area contributed by atoms with Crippen molar-refractivity contribution in [3.05, 3.63) is 100 Å². The summed E-state index contributed by atoms with van der Waals surface area (Å²) in [6.45, 7) is 0. The summed E-state index contributed by atoms with van der Waals surface area (Å²) in [6, 6.07) is 24.8. The van der Waals surface area contributed by atoms with Crippen LogP contribution >= 0.6 is 15.9 Å². The molecule has 1 amide bonds. The summed E-state index contributed by atoms with van der Waals surface area (Å²) in [4.78, 5) is 25.6. The van der Waals surface area contributed by atoms with Crippen molar-refractivity contribution < 1.29 is 23.8 Å². The van der Waals surface area contributed by atoms with E-state index in [0.29, 0.717) is 27.0 Å². The number of fused-ring (bicyclic) bond motifs is 1. The number of benzene rings is 4. The van der Waals surface area contributed by atoms with Crippen LogP contribution in [0.5, 0.6) is 17.2 Å². The molecule has 0 saturated heterocycles. The highest BCUT2D eigenvalue weighted by Crippen LogP contribution is 2.38. The highest BCUT2D eigenvalue weighted by atomic mass is 79.9. The average molecular weight is 557 g/mol. The Hall–Kier alpha value is -4.61. The van der Waals surface area contributed by atoms with Crippen molar-refractivity contribution >= 4 is 50.3 Å². The minimum Gasteiger partial charge on any atom is -0.497 e. The SMILES string of the molecule is COc1ccc(C(=O)Oc2c(Br)cc(/C=C(\C#N)C(=O)Nc3cccc4ccccc34)cc2OC)cc1. The maximum Gasteiger partial charge on any atom is 0.343 e. The second-order valence-corrected chi connectivity index (χ2v) is 8.66. The zero-order valence-corrected chi connectivity index (χ0v) is 21.5. The highest BCUT2D eigenvalue weighted by Gasteiger charge is 2.18. The van der Waals surface area contributed by atoms with Crippen LogP contribution in [0.1, 0.15) is 15.9 Å². The molecule has 4 aromatic rings. The first-order valence-electron chi connectivity index (χ1n) is 11.1. The topological polar surface area (TPSA) is 97.7 Å². The number of ether oxygens (including phenoxy) is 3. The van der Waals surface area contributed by atoms with Crippen molar-refractivity contribution in [2.24, 2.45) is 0 Å². The Balaban J connectivity index is 1.58. The number of hydrogen-bond donors (Lipinski definition) is 1. The van der Waals surface area contributed by atoms with E-state index in [9.17, 15) is 14.9 Å². The molecule has 7 nitrogen and oxygen atoms in total. The molecule has 8 heteroatoms. The molecule has 0 heterocycles. The third-order valence-electron chi connectivity index (χ3n) is 5.49. The van der Waals surface area contributed by atoms with Gasteiger partial charge in [0.15, 0.2) is 11.5 Å². The summed E-state index contributed by atoms with van der Waals surface area (Å²) >= 11 is 3.40. The molecule has 0 spiro atoms. The molecule has 0 aliphatic carbocycles. The van der Waals surface area contributed by atoms with Gasteiger partial charge in [0.05, 0.1) is 24.3 Å². The van der Waals surface area contributed by atoms with Crippen LogP contribution in [0, 0.1) is 11.3 Å². The van der Waals surface area contributed by atoms with Gasteiger partial charge in [-0.2, -0.15) is 5.26 Å². The molecular formula is C29H21BrN2O5. The molecule has 0 aromatic heterocycles. The molecule has 0 aliphatic heterocycles. The third-order valence-corrected chi connectivity index (χ3v) is 6.08. The highest BCUT2D eigenvalue weighted by molar-refractivity contribution is 9.10. The number of nitriles is 1. The number of nitrogens with one attached hydrogen (secondary N) is 1. The van der Waals surface area contributed by atoms with Gasteiger partial charge in [0.2, 0.25) is 0 Å². The second kappa shape index (κ2) is 11.4. The van der Waals surface area contributed by atoms with Crippen molar-refractivity contribution in [1.82, 2.24) is 0 Å². The quantitative estimate of drug-likeness (QED) is 0.123. The van der Waals surface area contributed by atoms with E-state index in [1.165, 1.54) is 20.3 Å². The second-order valence-electron chi connectivity index (χ2n) is 7.80. The normalized spacial score (nSPS) is 10.9. The Morgan fingerprint density at radius 3 is 2.38 bits per heavy atom. The number of rotatable bonds is 7. The number of amides is 1. The number of hydrogen-bond acceptors (Lipinski definition) is 6. The van der Waals surface area contributed by atoms with E-state index in [0.717, 1.165) is 10.8 Å². The van der Waals surface area contributed by atoms with Crippen LogP contribution in [0.15, 0.2) is 88.9 Å². The molecule has 0 bridgehead atoms. The number of anilines is 1. The lowest BCUT2D eigenvalue weighted by atomic mass is 10.1. The van der Waals surface area contributed by atoms with Gasteiger partial charge < -0.3 is 19.5 Å². The summed E-state index contributed by atoms with van der Waals surface area (Å²) in [5.41, 5.74) is 1.32. The van der Waals surface area contributed by atoms with Crippen LogP contribution in [0.2, 0.25) is 0 Å². The van der Waals surface area contributed by atoms with E-state index in [2.05, 4.69) is 21.2 Å².